The van der Waals surface area contributed by atoms with Gasteiger partial charge in [0, 0.05) is 37.3 Å². The number of hydrogen-bond donors (Lipinski definition) is 2. The van der Waals surface area contributed by atoms with Gasteiger partial charge >= 0.3 is 12.0 Å². The van der Waals surface area contributed by atoms with Crippen LogP contribution in [0.2, 0.25) is 0 Å². The molecule has 0 spiro atoms. The highest BCUT2D eigenvalue weighted by Crippen LogP contribution is 2.34. The lowest BCUT2D eigenvalue weighted by atomic mass is 9.83. The van der Waals surface area contributed by atoms with Crippen molar-refractivity contribution in [1.29, 1.82) is 0 Å². The van der Waals surface area contributed by atoms with Crippen LogP contribution in [0.25, 0.3) is 0 Å². The van der Waals surface area contributed by atoms with Crippen molar-refractivity contribution in [2.75, 3.05) is 13.1 Å². The van der Waals surface area contributed by atoms with Crippen LogP contribution in [0.4, 0.5) is 4.79 Å². The fourth-order valence-electron chi connectivity index (χ4n) is 3.97. The van der Waals surface area contributed by atoms with E-state index in [1.807, 2.05) is 24.5 Å². The summed E-state index contributed by atoms with van der Waals surface area (Å²) in [6, 6.07) is 4.07. The number of likely N-dealkylation sites (tertiary alicyclic amines) is 1. The van der Waals surface area contributed by atoms with E-state index in [2.05, 4.69) is 5.32 Å². The van der Waals surface area contributed by atoms with Gasteiger partial charge in [-0.15, -0.1) is 0 Å². The Bertz CT molecular complexity index is 729. The van der Waals surface area contributed by atoms with Crippen molar-refractivity contribution < 1.29 is 14.7 Å². The van der Waals surface area contributed by atoms with Crippen molar-refractivity contribution in [3.8, 4) is 0 Å². The molecular formula is C18H25N3O4. The average molecular weight is 347 g/mol. The number of carboxylic acid groups (broad SMARTS) is 1. The molecule has 25 heavy (non-hydrogen) atoms. The number of hydrogen-bond acceptors (Lipinski definition) is 3. The fraction of sp³-hybridized carbons (Fsp3) is 0.611. The predicted molar refractivity (Wildman–Crippen MR) is 92.5 cm³/mol. The van der Waals surface area contributed by atoms with Crippen molar-refractivity contribution >= 4 is 12.0 Å². The Morgan fingerprint density at radius 1 is 1.32 bits per heavy atom. The van der Waals surface area contributed by atoms with Gasteiger partial charge in [0.25, 0.3) is 5.56 Å². The summed E-state index contributed by atoms with van der Waals surface area (Å²) in [5.41, 5.74) is 0.978. The minimum atomic E-state index is -1.00. The first-order chi connectivity index (χ1) is 11.9. The van der Waals surface area contributed by atoms with Gasteiger partial charge in [-0.25, -0.2) is 9.59 Å². The number of carbonyl (C=O) groups excluding carboxylic acids is 1. The molecule has 1 saturated heterocycles. The zero-order valence-electron chi connectivity index (χ0n) is 14.6. The summed E-state index contributed by atoms with van der Waals surface area (Å²) >= 11 is 0. The Labute approximate surface area is 146 Å². The van der Waals surface area contributed by atoms with Crippen molar-refractivity contribution in [3.05, 3.63) is 34.2 Å². The standard InChI is InChI=1S/C18H25N3O4/c1-3-11(2)16(17(23)24)19-18(25)20-8-12-7-13(10-20)14-5-4-6-15(22)21(14)9-12/h4-6,11-13,16H,3,7-10H2,1-2H3,(H,19,25)(H,23,24). The number of nitrogens with one attached hydrogen (secondary N) is 1. The maximum Gasteiger partial charge on any atom is 0.326 e. The molecule has 0 aromatic carbocycles. The van der Waals surface area contributed by atoms with E-state index < -0.39 is 12.0 Å². The number of aliphatic carboxylic acids is 1. The lowest BCUT2D eigenvalue weighted by Crippen LogP contribution is -2.55. The number of carboxylic acids is 1. The molecule has 2 aliphatic rings. The molecule has 2 N–H and O–H groups in total. The van der Waals surface area contributed by atoms with Gasteiger partial charge in [0.2, 0.25) is 0 Å². The molecule has 136 valence electrons. The zero-order valence-corrected chi connectivity index (χ0v) is 14.6. The van der Waals surface area contributed by atoms with E-state index in [1.165, 1.54) is 0 Å². The van der Waals surface area contributed by atoms with Crippen LogP contribution in [0, 0.1) is 11.8 Å². The number of pyridine rings is 1. The Kier molecular flexibility index (Phi) is 4.83. The number of carbonyl (C=O) groups is 2. The third-order valence-electron chi connectivity index (χ3n) is 5.52. The number of piperidine rings is 1. The maximum atomic E-state index is 12.6. The molecule has 4 atom stereocenters. The number of fused-ring (bicyclic) bond motifs is 4. The summed E-state index contributed by atoms with van der Waals surface area (Å²) in [6.45, 7) is 5.41. The minimum absolute atomic E-state index is 0.00723. The van der Waals surface area contributed by atoms with Gasteiger partial charge in [-0.2, -0.15) is 0 Å². The molecule has 0 saturated carbocycles. The van der Waals surface area contributed by atoms with Crippen LogP contribution in [0.3, 0.4) is 0 Å². The largest absolute Gasteiger partial charge is 0.480 e. The van der Waals surface area contributed by atoms with E-state index in [4.69, 9.17) is 0 Å². The Morgan fingerprint density at radius 3 is 2.76 bits per heavy atom. The Balaban J connectivity index is 1.75. The molecule has 3 heterocycles. The quantitative estimate of drug-likeness (QED) is 0.863. The number of urea groups is 1. The van der Waals surface area contributed by atoms with Crippen molar-refractivity contribution in [2.24, 2.45) is 11.8 Å². The van der Waals surface area contributed by atoms with E-state index in [9.17, 15) is 19.5 Å². The molecule has 2 amide bonds. The van der Waals surface area contributed by atoms with Crippen LogP contribution in [-0.2, 0) is 11.3 Å². The lowest BCUT2D eigenvalue weighted by molar-refractivity contribution is -0.140. The highest BCUT2D eigenvalue weighted by atomic mass is 16.4. The first kappa shape index (κ1) is 17.5. The maximum absolute atomic E-state index is 12.6. The molecule has 7 heteroatoms. The SMILES string of the molecule is CCC(C)C(NC(=O)N1CC2CC(C1)c1cccc(=O)n1C2)C(=O)O. The monoisotopic (exact) mass is 347 g/mol. The molecule has 2 aliphatic heterocycles. The van der Waals surface area contributed by atoms with E-state index in [0.717, 1.165) is 12.1 Å². The number of rotatable bonds is 4. The predicted octanol–water partition coefficient (Wildman–Crippen LogP) is 1.48. The molecule has 0 aliphatic carbocycles. The third kappa shape index (κ3) is 3.41. The second kappa shape index (κ2) is 6.90. The van der Waals surface area contributed by atoms with E-state index in [-0.39, 0.29) is 29.3 Å². The summed E-state index contributed by atoms with van der Waals surface area (Å²) in [4.78, 5) is 37.8. The summed E-state index contributed by atoms with van der Waals surface area (Å²) < 4.78 is 1.81. The Hall–Kier alpha value is -2.31. The van der Waals surface area contributed by atoms with E-state index >= 15 is 0 Å². The van der Waals surface area contributed by atoms with Gasteiger partial charge in [0.15, 0.2) is 0 Å². The average Bonchev–Trinajstić information content (AvgIpc) is 2.59. The van der Waals surface area contributed by atoms with E-state index in [1.54, 1.807) is 17.0 Å². The number of nitrogens with zero attached hydrogens (tertiary/aromatic N) is 2. The molecule has 1 fully saturated rings. The molecule has 3 rings (SSSR count). The van der Waals surface area contributed by atoms with E-state index in [0.29, 0.717) is 26.1 Å². The van der Waals surface area contributed by atoms with Gasteiger partial charge in [0.1, 0.15) is 6.04 Å². The fourth-order valence-corrected chi connectivity index (χ4v) is 3.97. The zero-order chi connectivity index (χ0) is 18.1. The molecule has 7 nitrogen and oxygen atoms in total. The van der Waals surface area contributed by atoms with Gasteiger partial charge in [-0.05, 0) is 24.3 Å². The normalized spacial score (nSPS) is 24.2. The second-order valence-corrected chi connectivity index (χ2v) is 7.25. The second-order valence-electron chi connectivity index (χ2n) is 7.25. The molecule has 1 aromatic heterocycles. The number of amides is 2. The highest BCUT2D eigenvalue weighted by molar-refractivity contribution is 5.83. The molecular weight excluding hydrogens is 322 g/mol. The third-order valence-corrected chi connectivity index (χ3v) is 5.52. The van der Waals surface area contributed by atoms with Crippen molar-refractivity contribution in [1.82, 2.24) is 14.8 Å². The van der Waals surface area contributed by atoms with Gasteiger partial charge in [-0.3, -0.25) is 4.79 Å². The van der Waals surface area contributed by atoms with Crippen LogP contribution < -0.4 is 10.9 Å². The van der Waals surface area contributed by atoms with Crippen LogP contribution >= 0.6 is 0 Å². The van der Waals surface area contributed by atoms with Crippen LogP contribution in [-0.4, -0.2) is 45.7 Å². The summed E-state index contributed by atoms with van der Waals surface area (Å²) in [5.74, 6) is -0.787. The summed E-state index contributed by atoms with van der Waals surface area (Å²) in [7, 11) is 0. The van der Waals surface area contributed by atoms with Crippen LogP contribution in [0.15, 0.2) is 23.0 Å². The molecule has 2 bridgehead atoms. The Morgan fingerprint density at radius 2 is 2.08 bits per heavy atom. The highest BCUT2D eigenvalue weighted by Gasteiger charge is 2.37. The van der Waals surface area contributed by atoms with Gasteiger partial charge in [0.05, 0.1) is 0 Å². The van der Waals surface area contributed by atoms with Crippen molar-refractivity contribution in [3.63, 3.8) is 0 Å². The smallest absolute Gasteiger partial charge is 0.326 e. The summed E-state index contributed by atoms with van der Waals surface area (Å²) in [6.07, 6.45) is 1.64. The first-order valence-corrected chi connectivity index (χ1v) is 8.88. The minimum Gasteiger partial charge on any atom is -0.480 e. The van der Waals surface area contributed by atoms with Gasteiger partial charge < -0.3 is 19.9 Å². The number of aromatic nitrogens is 1. The van der Waals surface area contributed by atoms with Gasteiger partial charge in [-0.1, -0.05) is 26.3 Å². The first-order valence-electron chi connectivity index (χ1n) is 8.88. The molecule has 4 unspecified atom stereocenters. The topological polar surface area (TPSA) is 91.6 Å². The summed E-state index contributed by atoms with van der Waals surface area (Å²) in [5, 5.41) is 12.1. The lowest BCUT2D eigenvalue weighted by Gasteiger charge is -2.43. The molecule has 0 radical (unpaired) electrons. The molecule has 1 aromatic rings. The van der Waals surface area contributed by atoms with Crippen LogP contribution in [0.1, 0.15) is 38.3 Å². The van der Waals surface area contributed by atoms with Crippen molar-refractivity contribution in [2.45, 2.75) is 45.2 Å². The van der Waals surface area contributed by atoms with Crippen LogP contribution in [0.5, 0.6) is 0 Å².